The molecule has 1 N–H and O–H groups in total. The number of nitrogens with one attached hydrogen (secondary N) is 1. The molecule has 0 spiro atoms. The van der Waals surface area contributed by atoms with Crippen molar-refractivity contribution >= 4 is 0 Å². The summed E-state index contributed by atoms with van der Waals surface area (Å²) in [6, 6.07) is 7.91. The molecule has 0 aliphatic heterocycles. The van der Waals surface area contributed by atoms with Gasteiger partial charge in [-0.25, -0.2) is 13.2 Å². The molecule has 2 aromatic carbocycles. The van der Waals surface area contributed by atoms with Gasteiger partial charge >= 0.3 is 0 Å². The molecule has 0 atom stereocenters. The Balaban J connectivity index is 1.80. The lowest BCUT2D eigenvalue weighted by Gasteiger charge is -2.12. The van der Waals surface area contributed by atoms with Gasteiger partial charge in [-0.3, -0.25) is 0 Å². The van der Waals surface area contributed by atoms with Crippen LogP contribution in [-0.4, -0.2) is 6.04 Å². The van der Waals surface area contributed by atoms with Gasteiger partial charge in [0.1, 0.15) is 17.3 Å². The van der Waals surface area contributed by atoms with Gasteiger partial charge in [0.05, 0.1) is 0 Å². The van der Waals surface area contributed by atoms with Crippen LogP contribution < -0.4 is 10.1 Å². The maximum atomic E-state index is 13.4. The zero-order valence-corrected chi connectivity index (χ0v) is 11.2. The van der Waals surface area contributed by atoms with Crippen LogP contribution in [0.25, 0.3) is 0 Å². The normalized spacial score (nSPS) is 14.2. The van der Waals surface area contributed by atoms with Crippen LogP contribution in [0.5, 0.6) is 11.5 Å². The molecule has 1 aliphatic rings. The van der Waals surface area contributed by atoms with Crippen molar-refractivity contribution in [3.05, 3.63) is 59.4 Å². The second kappa shape index (κ2) is 5.77. The standard InChI is InChI=1S/C16H14F3NO/c17-11-1-6-16(10(7-11)9-20-12-2-3-12)21-13-4-5-14(18)15(19)8-13/h1,4-8,12,20H,2-3,9H2. The van der Waals surface area contributed by atoms with Gasteiger partial charge < -0.3 is 10.1 Å². The SMILES string of the molecule is Fc1ccc(Oc2ccc(F)c(F)c2)c(CNC2CC2)c1. The summed E-state index contributed by atoms with van der Waals surface area (Å²) in [4.78, 5) is 0. The second-order valence-electron chi connectivity index (χ2n) is 5.09. The molecule has 0 aromatic heterocycles. The lowest BCUT2D eigenvalue weighted by Crippen LogP contribution is -2.15. The van der Waals surface area contributed by atoms with E-state index in [1.54, 1.807) is 0 Å². The van der Waals surface area contributed by atoms with Gasteiger partial charge in [0, 0.05) is 24.2 Å². The summed E-state index contributed by atoms with van der Waals surface area (Å²) in [6.07, 6.45) is 2.24. The molecule has 2 aromatic rings. The van der Waals surface area contributed by atoms with Crippen molar-refractivity contribution in [2.45, 2.75) is 25.4 Å². The minimum Gasteiger partial charge on any atom is -0.457 e. The Labute approximate surface area is 120 Å². The highest BCUT2D eigenvalue weighted by Crippen LogP contribution is 2.28. The third-order valence-corrected chi connectivity index (χ3v) is 3.30. The van der Waals surface area contributed by atoms with Crippen molar-refractivity contribution in [1.82, 2.24) is 5.32 Å². The van der Waals surface area contributed by atoms with E-state index in [0.29, 0.717) is 23.9 Å². The first-order valence-electron chi connectivity index (χ1n) is 6.76. The number of rotatable bonds is 5. The van der Waals surface area contributed by atoms with Gasteiger partial charge in [-0.1, -0.05) is 0 Å². The summed E-state index contributed by atoms with van der Waals surface area (Å²) in [6.45, 7) is 0.474. The summed E-state index contributed by atoms with van der Waals surface area (Å²) < 4.78 is 45.0. The Morgan fingerprint density at radius 2 is 1.81 bits per heavy atom. The first kappa shape index (κ1) is 13.9. The fraction of sp³-hybridized carbons (Fsp3) is 0.250. The van der Waals surface area contributed by atoms with Crippen molar-refractivity contribution in [3.8, 4) is 11.5 Å². The summed E-state index contributed by atoms with van der Waals surface area (Å²) in [5.41, 5.74) is 0.645. The van der Waals surface area contributed by atoms with Crippen LogP contribution in [0.15, 0.2) is 36.4 Å². The lowest BCUT2D eigenvalue weighted by molar-refractivity contribution is 0.453. The molecule has 1 fully saturated rings. The van der Waals surface area contributed by atoms with Gasteiger partial charge in [0.25, 0.3) is 0 Å². The number of benzene rings is 2. The van der Waals surface area contributed by atoms with E-state index >= 15 is 0 Å². The highest BCUT2D eigenvalue weighted by atomic mass is 19.2. The zero-order valence-electron chi connectivity index (χ0n) is 11.2. The molecular formula is C16H14F3NO. The van der Waals surface area contributed by atoms with E-state index in [4.69, 9.17) is 4.74 Å². The highest BCUT2D eigenvalue weighted by molar-refractivity contribution is 5.38. The van der Waals surface area contributed by atoms with Crippen LogP contribution in [0.2, 0.25) is 0 Å². The van der Waals surface area contributed by atoms with Crippen LogP contribution in [0.3, 0.4) is 0 Å². The number of hydrogen-bond donors (Lipinski definition) is 1. The Morgan fingerprint density at radius 3 is 2.52 bits per heavy atom. The van der Waals surface area contributed by atoms with Crippen LogP contribution in [0.1, 0.15) is 18.4 Å². The molecule has 3 rings (SSSR count). The molecule has 21 heavy (non-hydrogen) atoms. The first-order valence-corrected chi connectivity index (χ1v) is 6.76. The minimum atomic E-state index is -0.979. The average Bonchev–Trinajstić information content (AvgIpc) is 3.27. The summed E-state index contributed by atoms with van der Waals surface area (Å²) in [5, 5.41) is 3.27. The van der Waals surface area contributed by atoms with Gasteiger partial charge in [-0.2, -0.15) is 0 Å². The molecule has 0 saturated heterocycles. The minimum absolute atomic E-state index is 0.174. The fourth-order valence-corrected chi connectivity index (χ4v) is 1.99. The zero-order chi connectivity index (χ0) is 14.8. The van der Waals surface area contributed by atoms with E-state index in [2.05, 4.69) is 5.32 Å². The summed E-state index contributed by atoms with van der Waals surface area (Å²) >= 11 is 0. The van der Waals surface area contributed by atoms with E-state index in [-0.39, 0.29) is 11.6 Å². The Hall–Kier alpha value is -2.01. The second-order valence-corrected chi connectivity index (χ2v) is 5.09. The third kappa shape index (κ3) is 3.55. The Morgan fingerprint density at radius 1 is 1.00 bits per heavy atom. The Bertz CT molecular complexity index is 656. The fourth-order valence-electron chi connectivity index (χ4n) is 1.99. The molecule has 0 amide bonds. The van der Waals surface area contributed by atoms with Crippen LogP contribution in [0.4, 0.5) is 13.2 Å². The van der Waals surface area contributed by atoms with Crippen LogP contribution in [0, 0.1) is 17.5 Å². The topological polar surface area (TPSA) is 21.3 Å². The highest BCUT2D eigenvalue weighted by Gasteiger charge is 2.21. The van der Waals surface area contributed by atoms with E-state index in [9.17, 15) is 13.2 Å². The summed E-state index contributed by atoms with van der Waals surface area (Å²) in [7, 11) is 0. The van der Waals surface area contributed by atoms with E-state index in [0.717, 1.165) is 25.0 Å². The van der Waals surface area contributed by atoms with Gasteiger partial charge in [0.15, 0.2) is 11.6 Å². The maximum Gasteiger partial charge on any atom is 0.162 e. The molecule has 0 unspecified atom stereocenters. The summed E-state index contributed by atoms with van der Waals surface area (Å²) in [5.74, 6) is -1.67. The predicted molar refractivity (Wildman–Crippen MR) is 72.7 cm³/mol. The van der Waals surface area contributed by atoms with Gasteiger partial charge in [0.2, 0.25) is 0 Å². The predicted octanol–water partition coefficient (Wildman–Crippen LogP) is 4.15. The van der Waals surface area contributed by atoms with Crippen molar-refractivity contribution in [3.63, 3.8) is 0 Å². The number of ether oxygens (including phenoxy) is 1. The lowest BCUT2D eigenvalue weighted by atomic mass is 10.2. The quantitative estimate of drug-likeness (QED) is 0.894. The van der Waals surface area contributed by atoms with Crippen molar-refractivity contribution in [2.24, 2.45) is 0 Å². The average molecular weight is 293 g/mol. The number of hydrogen-bond acceptors (Lipinski definition) is 2. The molecule has 5 heteroatoms. The van der Waals surface area contributed by atoms with E-state index in [1.165, 1.54) is 24.3 Å². The monoisotopic (exact) mass is 293 g/mol. The molecular weight excluding hydrogens is 279 g/mol. The molecule has 0 heterocycles. The van der Waals surface area contributed by atoms with Crippen LogP contribution >= 0.6 is 0 Å². The molecule has 0 radical (unpaired) electrons. The third-order valence-electron chi connectivity index (χ3n) is 3.30. The van der Waals surface area contributed by atoms with E-state index in [1.807, 2.05) is 0 Å². The van der Waals surface area contributed by atoms with Gasteiger partial charge in [-0.15, -0.1) is 0 Å². The van der Waals surface area contributed by atoms with E-state index < -0.39 is 11.6 Å². The largest absolute Gasteiger partial charge is 0.457 e. The molecule has 1 aliphatic carbocycles. The molecule has 2 nitrogen and oxygen atoms in total. The first-order chi connectivity index (χ1) is 10.1. The number of halogens is 3. The Kier molecular flexibility index (Phi) is 3.84. The van der Waals surface area contributed by atoms with Crippen molar-refractivity contribution in [1.29, 1.82) is 0 Å². The molecule has 110 valence electrons. The van der Waals surface area contributed by atoms with Crippen LogP contribution in [-0.2, 0) is 6.54 Å². The van der Waals surface area contributed by atoms with Crippen molar-refractivity contribution < 1.29 is 17.9 Å². The molecule has 1 saturated carbocycles. The maximum absolute atomic E-state index is 13.4. The van der Waals surface area contributed by atoms with Gasteiger partial charge in [-0.05, 0) is 43.2 Å². The smallest absolute Gasteiger partial charge is 0.162 e. The van der Waals surface area contributed by atoms with Crippen molar-refractivity contribution in [2.75, 3.05) is 0 Å². The molecule has 0 bridgehead atoms.